The molecule has 1 N–H and O–H groups in total. The van der Waals surface area contributed by atoms with Crippen LogP contribution in [-0.4, -0.2) is 29.7 Å². The SMILES string of the molecule is Cc1nc(Cl)c(NCCCOCC2CC2)nc1C. The van der Waals surface area contributed by atoms with Gasteiger partial charge in [0, 0.05) is 19.8 Å². The summed E-state index contributed by atoms with van der Waals surface area (Å²) >= 11 is 6.02. The quantitative estimate of drug-likeness (QED) is 0.773. The van der Waals surface area contributed by atoms with Gasteiger partial charge in [0.05, 0.1) is 11.4 Å². The number of anilines is 1. The van der Waals surface area contributed by atoms with Crippen LogP contribution in [-0.2, 0) is 4.74 Å². The summed E-state index contributed by atoms with van der Waals surface area (Å²) < 4.78 is 5.56. The zero-order chi connectivity index (χ0) is 13.0. The maximum absolute atomic E-state index is 6.02. The van der Waals surface area contributed by atoms with Crippen LogP contribution < -0.4 is 5.32 Å². The van der Waals surface area contributed by atoms with Crippen LogP contribution in [0.4, 0.5) is 5.82 Å². The van der Waals surface area contributed by atoms with Gasteiger partial charge in [-0.05, 0) is 39.0 Å². The summed E-state index contributed by atoms with van der Waals surface area (Å²) in [4.78, 5) is 8.61. The second kappa shape index (κ2) is 6.34. The molecule has 1 aliphatic rings. The van der Waals surface area contributed by atoms with Crippen molar-refractivity contribution in [3.63, 3.8) is 0 Å². The van der Waals surface area contributed by atoms with Gasteiger partial charge in [0.15, 0.2) is 11.0 Å². The summed E-state index contributed by atoms with van der Waals surface area (Å²) in [6, 6.07) is 0. The highest BCUT2D eigenvalue weighted by molar-refractivity contribution is 6.31. The maximum atomic E-state index is 6.02. The van der Waals surface area contributed by atoms with Gasteiger partial charge in [-0.15, -0.1) is 0 Å². The van der Waals surface area contributed by atoms with Crippen molar-refractivity contribution in [3.8, 4) is 0 Å². The third-order valence-corrected chi connectivity index (χ3v) is 3.34. The highest BCUT2D eigenvalue weighted by Crippen LogP contribution is 2.28. The van der Waals surface area contributed by atoms with E-state index < -0.39 is 0 Å². The zero-order valence-corrected chi connectivity index (χ0v) is 11.8. The number of halogens is 1. The first-order valence-electron chi connectivity index (χ1n) is 6.49. The molecule has 0 spiro atoms. The number of rotatable bonds is 7. The summed E-state index contributed by atoms with van der Waals surface area (Å²) in [6.45, 7) is 6.36. The normalized spacial score (nSPS) is 14.8. The van der Waals surface area contributed by atoms with Crippen molar-refractivity contribution in [1.82, 2.24) is 9.97 Å². The first-order valence-corrected chi connectivity index (χ1v) is 6.87. The van der Waals surface area contributed by atoms with E-state index >= 15 is 0 Å². The molecule has 2 rings (SSSR count). The summed E-state index contributed by atoms with van der Waals surface area (Å²) in [5, 5.41) is 3.64. The Morgan fingerprint density at radius 2 is 2.00 bits per heavy atom. The Hall–Kier alpha value is -0.870. The largest absolute Gasteiger partial charge is 0.381 e. The van der Waals surface area contributed by atoms with Crippen molar-refractivity contribution in [3.05, 3.63) is 16.5 Å². The van der Waals surface area contributed by atoms with E-state index in [-0.39, 0.29) is 0 Å². The smallest absolute Gasteiger partial charge is 0.171 e. The van der Waals surface area contributed by atoms with E-state index in [1.807, 2.05) is 13.8 Å². The minimum Gasteiger partial charge on any atom is -0.381 e. The molecular formula is C13H20ClN3O. The van der Waals surface area contributed by atoms with Gasteiger partial charge in [0.2, 0.25) is 0 Å². The van der Waals surface area contributed by atoms with Gasteiger partial charge in [0.25, 0.3) is 0 Å². The van der Waals surface area contributed by atoms with Crippen molar-refractivity contribution in [2.75, 3.05) is 25.1 Å². The number of ether oxygens (including phenoxy) is 1. The Kier molecular flexibility index (Phi) is 4.78. The molecule has 0 bridgehead atoms. The van der Waals surface area contributed by atoms with Crippen molar-refractivity contribution < 1.29 is 4.74 Å². The molecule has 1 aliphatic carbocycles. The summed E-state index contributed by atoms with van der Waals surface area (Å²) in [6.07, 6.45) is 3.63. The van der Waals surface area contributed by atoms with Crippen molar-refractivity contribution in [2.45, 2.75) is 33.1 Å². The van der Waals surface area contributed by atoms with Crippen LogP contribution >= 0.6 is 11.6 Å². The van der Waals surface area contributed by atoms with E-state index in [1.165, 1.54) is 12.8 Å². The Morgan fingerprint density at radius 1 is 1.28 bits per heavy atom. The van der Waals surface area contributed by atoms with E-state index in [0.717, 1.165) is 43.5 Å². The fraction of sp³-hybridized carbons (Fsp3) is 0.692. The van der Waals surface area contributed by atoms with Crippen LogP contribution in [0.25, 0.3) is 0 Å². The molecule has 1 heterocycles. The number of nitrogens with one attached hydrogen (secondary N) is 1. The molecule has 0 aromatic carbocycles. The second-order valence-electron chi connectivity index (χ2n) is 4.83. The number of aromatic nitrogens is 2. The second-order valence-corrected chi connectivity index (χ2v) is 5.19. The molecule has 0 unspecified atom stereocenters. The van der Waals surface area contributed by atoms with Gasteiger partial charge in [-0.3, -0.25) is 0 Å². The maximum Gasteiger partial charge on any atom is 0.171 e. The Balaban J connectivity index is 1.67. The van der Waals surface area contributed by atoms with Gasteiger partial charge in [-0.1, -0.05) is 11.6 Å². The fourth-order valence-corrected chi connectivity index (χ4v) is 1.84. The lowest BCUT2D eigenvalue weighted by Gasteiger charge is -2.09. The van der Waals surface area contributed by atoms with E-state index in [1.54, 1.807) is 0 Å². The van der Waals surface area contributed by atoms with Crippen molar-refractivity contribution in [2.24, 2.45) is 5.92 Å². The molecule has 100 valence electrons. The van der Waals surface area contributed by atoms with Crippen molar-refractivity contribution >= 4 is 17.4 Å². The molecule has 0 saturated heterocycles. The molecule has 4 nitrogen and oxygen atoms in total. The van der Waals surface area contributed by atoms with Crippen LogP contribution in [0.2, 0.25) is 5.15 Å². The molecular weight excluding hydrogens is 250 g/mol. The summed E-state index contributed by atoms with van der Waals surface area (Å²) in [5.41, 5.74) is 1.78. The van der Waals surface area contributed by atoms with E-state index in [0.29, 0.717) is 11.0 Å². The first-order chi connectivity index (χ1) is 8.66. The topological polar surface area (TPSA) is 47.0 Å². The third kappa shape index (κ3) is 4.10. The standard InChI is InChI=1S/C13H20ClN3O/c1-9-10(2)17-13(12(14)16-9)15-6-3-7-18-8-11-4-5-11/h11H,3-8H2,1-2H3,(H,15,17). The van der Waals surface area contributed by atoms with E-state index in [9.17, 15) is 0 Å². The summed E-state index contributed by atoms with van der Waals surface area (Å²) in [7, 11) is 0. The van der Waals surface area contributed by atoms with Crippen LogP contribution in [0.15, 0.2) is 0 Å². The highest BCUT2D eigenvalue weighted by atomic mass is 35.5. The molecule has 0 radical (unpaired) electrons. The zero-order valence-electron chi connectivity index (χ0n) is 11.0. The molecule has 1 aromatic rings. The number of aryl methyl sites for hydroxylation is 2. The minimum absolute atomic E-state index is 0.442. The number of hydrogen-bond donors (Lipinski definition) is 1. The van der Waals surface area contributed by atoms with Gasteiger partial charge in [0.1, 0.15) is 0 Å². The van der Waals surface area contributed by atoms with E-state index in [4.69, 9.17) is 16.3 Å². The predicted molar refractivity (Wildman–Crippen MR) is 73.2 cm³/mol. The molecule has 0 aliphatic heterocycles. The predicted octanol–water partition coefficient (Wildman–Crippen LogP) is 2.98. The molecule has 0 amide bonds. The molecule has 1 saturated carbocycles. The van der Waals surface area contributed by atoms with Gasteiger partial charge < -0.3 is 10.1 Å². The van der Waals surface area contributed by atoms with Crippen molar-refractivity contribution in [1.29, 1.82) is 0 Å². The van der Waals surface area contributed by atoms with Gasteiger partial charge >= 0.3 is 0 Å². The van der Waals surface area contributed by atoms with E-state index in [2.05, 4.69) is 15.3 Å². The third-order valence-electron chi connectivity index (χ3n) is 3.07. The average Bonchev–Trinajstić information content (AvgIpc) is 3.13. The van der Waals surface area contributed by atoms with Crippen LogP contribution in [0, 0.1) is 19.8 Å². The van der Waals surface area contributed by atoms with Gasteiger partial charge in [-0.25, -0.2) is 9.97 Å². The molecule has 0 atom stereocenters. The minimum atomic E-state index is 0.442. The highest BCUT2D eigenvalue weighted by Gasteiger charge is 2.20. The van der Waals surface area contributed by atoms with Gasteiger partial charge in [-0.2, -0.15) is 0 Å². The number of hydrogen-bond acceptors (Lipinski definition) is 4. The lowest BCUT2D eigenvalue weighted by Crippen LogP contribution is -2.09. The summed E-state index contributed by atoms with van der Waals surface area (Å²) in [5.74, 6) is 1.50. The molecule has 1 fully saturated rings. The lowest BCUT2D eigenvalue weighted by atomic mass is 10.3. The Bertz CT molecular complexity index is 407. The molecule has 18 heavy (non-hydrogen) atoms. The monoisotopic (exact) mass is 269 g/mol. The molecule has 5 heteroatoms. The van der Waals surface area contributed by atoms with Crippen LogP contribution in [0.1, 0.15) is 30.7 Å². The van der Waals surface area contributed by atoms with Crippen LogP contribution in [0.3, 0.4) is 0 Å². The molecule has 1 aromatic heterocycles. The Labute approximate surface area is 113 Å². The fourth-order valence-electron chi connectivity index (χ4n) is 1.60. The van der Waals surface area contributed by atoms with Crippen LogP contribution in [0.5, 0.6) is 0 Å². The Morgan fingerprint density at radius 3 is 2.72 bits per heavy atom. The first kappa shape index (κ1) is 13.6. The number of nitrogens with zero attached hydrogens (tertiary/aromatic N) is 2. The lowest BCUT2D eigenvalue weighted by molar-refractivity contribution is 0.124. The average molecular weight is 270 g/mol.